The summed E-state index contributed by atoms with van der Waals surface area (Å²) in [7, 11) is 0. The topological polar surface area (TPSA) is 59.0 Å². The Kier molecular flexibility index (Phi) is 3.35. The van der Waals surface area contributed by atoms with Crippen LogP contribution in [0.5, 0.6) is 11.5 Å². The van der Waals surface area contributed by atoms with Gasteiger partial charge in [-0.2, -0.15) is 5.26 Å². The molecule has 0 unspecified atom stereocenters. The number of nitrogens with zero attached hydrogens (tertiary/aromatic N) is 1. The molecule has 0 fully saturated rings. The smallest absolute Gasteiger partial charge is 0.145 e. The van der Waals surface area contributed by atoms with E-state index in [1.165, 1.54) is 24.3 Å². The van der Waals surface area contributed by atoms with Crippen molar-refractivity contribution in [1.29, 1.82) is 5.26 Å². The Labute approximate surface area is 108 Å². The number of nitrogen functional groups attached to an aromatic ring is 1. The molecule has 0 saturated carbocycles. The molecule has 0 aliphatic heterocycles. The van der Waals surface area contributed by atoms with Gasteiger partial charge in [-0.05, 0) is 24.3 Å². The molecular weight excluding hydrogens is 255 g/mol. The number of nitrogens with two attached hydrogens (primary N) is 1. The Bertz CT molecular complexity index is 637. The van der Waals surface area contributed by atoms with Gasteiger partial charge in [-0.3, -0.25) is 0 Å². The van der Waals surface area contributed by atoms with E-state index in [-0.39, 0.29) is 5.02 Å². The Morgan fingerprint density at radius 1 is 1.17 bits per heavy atom. The van der Waals surface area contributed by atoms with Gasteiger partial charge < -0.3 is 10.5 Å². The van der Waals surface area contributed by atoms with Crippen molar-refractivity contribution < 1.29 is 9.13 Å². The van der Waals surface area contributed by atoms with Crippen LogP contribution in [0.4, 0.5) is 10.1 Å². The SMILES string of the molecule is N#Cc1ccc(Oc2ccc(Cl)c(F)c2)cc1N. The third-order valence-electron chi connectivity index (χ3n) is 2.27. The lowest BCUT2D eigenvalue weighted by atomic mass is 10.2. The van der Waals surface area contributed by atoms with Crippen molar-refractivity contribution in [2.45, 2.75) is 0 Å². The van der Waals surface area contributed by atoms with Gasteiger partial charge in [-0.25, -0.2) is 4.39 Å². The zero-order chi connectivity index (χ0) is 13.1. The Morgan fingerprint density at radius 3 is 2.44 bits per heavy atom. The molecule has 0 atom stereocenters. The monoisotopic (exact) mass is 262 g/mol. The molecule has 0 saturated heterocycles. The first kappa shape index (κ1) is 12.2. The molecule has 2 aromatic rings. The number of benzene rings is 2. The fourth-order valence-electron chi connectivity index (χ4n) is 1.38. The van der Waals surface area contributed by atoms with Gasteiger partial charge in [0.25, 0.3) is 0 Å². The van der Waals surface area contributed by atoms with Crippen LogP contribution >= 0.6 is 11.6 Å². The van der Waals surface area contributed by atoms with Crippen molar-refractivity contribution in [3.8, 4) is 17.6 Å². The minimum absolute atomic E-state index is 0.0293. The highest BCUT2D eigenvalue weighted by atomic mass is 35.5. The number of halogens is 2. The molecule has 2 N–H and O–H groups in total. The van der Waals surface area contributed by atoms with Gasteiger partial charge in [0.05, 0.1) is 16.3 Å². The largest absolute Gasteiger partial charge is 0.457 e. The average Bonchev–Trinajstić information content (AvgIpc) is 2.34. The number of hydrogen-bond donors (Lipinski definition) is 1. The van der Waals surface area contributed by atoms with E-state index in [4.69, 9.17) is 27.3 Å². The van der Waals surface area contributed by atoms with E-state index < -0.39 is 5.82 Å². The van der Waals surface area contributed by atoms with Crippen molar-refractivity contribution in [3.63, 3.8) is 0 Å². The van der Waals surface area contributed by atoms with Crippen molar-refractivity contribution in [1.82, 2.24) is 0 Å². The number of ether oxygens (including phenoxy) is 1. The van der Waals surface area contributed by atoms with Crippen LogP contribution in [0.2, 0.25) is 5.02 Å². The number of hydrogen-bond acceptors (Lipinski definition) is 3. The van der Waals surface area contributed by atoms with Crippen LogP contribution in [0.15, 0.2) is 36.4 Å². The summed E-state index contributed by atoms with van der Waals surface area (Å²) in [6.45, 7) is 0. The van der Waals surface area contributed by atoms with E-state index in [0.29, 0.717) is 22.7 Å². The third kappa shape index (κ3) is 2.53. The maximum atomic E-state index is 13.2. The lowest BCUT2D eigenvalue weighted by Gasteiger charge is -2.07. The predicted molar refractivity (Wildman–Crippen MR) is 67.1 cm³/mol. The molecule has 2 rings (SSSR count). The van der Waals surface area contributed by atoms with Crippen LogP contribution in [0, 0.1) is 17.1 Å². The summed E-state index contributed by atoms with van der Waals surface area (Å²) in [5.41, 5.74) is 6.32. The van der Waals surface area contributed by atoms with Crippen molar-refractivity contribution in [2.24, 2.45) is 0 Å². The highest BCUT2D eigenvalue weighted by Gasteiger charge is 2.05. The number of anilines is 1. The van der Waals surface area contributed by atoms with Crippen LogP contribution in [0.25, 0.3) is 0 Å². The van der Waals surface area contributed by atoms with E-state index >= 15 is 0 Å². The molecule has 18 heavy (non-hydrogen) atoms. The highest BCUT2D eigenvalue weighted by Crippen LogP contribution is 2.27. The average molecular weight is 263 g/mol. The van der Waals surface area contributed by atoms with Crippen LogP contribution in [-0.2, 0) is 0 Å². The van der Waals surface area contributed by atoms with Gasteiger partial charge in [0, 0.05) is 12.1 Å². The van der Waals surface area contributed by atoms with E-state index in [2.05, 4.69) is 0 Å². The minimum atomic E-state index is -0.559. The molecular formula is C13H8ClFN2O. The maximum Gasteiger partial charge on any atom is 0.145 e. The standard InChI is InChI=1S/C13H8ClFN2O/c14-11-4-3-9(5-12(11)15)18-10-2-1-8(7-16)13(17)6-10/h1-6H,17H2. The van der Waals surface area contributed by atoms with Crippen molar-refractivity contribution in [2.75, 3.05) is 5.73 Å². The maximum absolute atomic E-state index is 13.2. The molecule has 0 spiro atoms. The fourth-order valence-corrected chi connectivity index (χ4v) is 1.50. The summed E-state index contributed by atoms with van der Waals surface area (Å²) in [6, 6.07) is 10.7. The highest BCUT2D eigenvalue weighted by molar-refractivity contribution is 6.30. The molecule has 5 heteroatoms. The van der Waals surface area contributed by atoms with Crippen LogP contribution in [-0.4, -0.2) is 0 Å². The summed E-state index contributed by atoms with van der Waals surface area (Å²) in [6.07, 6.45) is 0. The Morgan fingerprint density at radius 2 is 1.83 bits per heavy atom. The van der Waals surface area contributed by atoms with E-state index in [9.17, 15) is 4.39 Å². The lowest BCUT2D eigenvalue weighted by Crippen LogP contribution is -1.92. The van der Waals surface area contributed by atoms with Crippen molar-refractivity contribution >= 4 is 17.3 Å². The van der Waals surface area contributed by atoms with Crippen LogP contribution in [0.3, 0.4) is 0 Å². The summed E-state index contributed by atoms with van der Waals surface area (Å²) in [5.74, 6) is 0.171. The predicted octanol–water partition coefficient (Wildman–Crippen LogP) is 3.73. The molecule has 0 radical (unpaired) electrons. The zero-order valence-electron chi connectivity index (χ0n) is 9.15. The lowest BCUT2D eigenvalue weighted by molar-refractivity contribution is 0.477. The van der Waals surface area contributed by atoms with Gasteiger partial charge in [0.15, 0.2) is 0 Å². The molecule has 90 valence electrons. The van der Waals surface area contributed by atoms with Crippen molar-refractivity contribution in [3.05, 3.63) is 52.8 Å². The van der Waals surface area contributed by atoms with E-state index in [1.807, 2.05) is 6.07 Å². The second-order valence-corrected chi connectivity index (χ2v) is 3.95. The Balaban J connectivity index is 2.26. The zero-order valence-corrected chi connectivity index (χ0v) is 9.91. The van der Waals surface area contributed by atoms with Crippen LogP contribution in [0.1, 0.15) is 5.56 Å². The van der Waals surface area contributed by atoms with E-state index in [1.54, 1.807) is 12.1 Å². The van der Waals surface area contributed by atoms with E-state index in [0.717, 1.165) is 0 Å². The fraction of sp³-hybridized carbons (Fsp3) is 0. The molecule has 0 aliphatic carbocycles. The molecule has 0 bridgehead atoms. The number of rotatable bonds is 2. The molecule has 0 aliphatic rings. The quantitative estimate of drug-likeness (QED) is 0.839. The first-order valence-corrected chi connectivity index (χ1v) is 5.40. The van der Waals surface area contributed by atoms with Gasteiger partial charge in [0.1, 0.15) is 23.4 Å². The molecule has 2 aromatic carbocycles. The first-order valence-electron chi connectivity index (χ1n) is 5.02. The number of nitriles is 1. The third-order valence-corrected chi connectivity index (χ3v) is 2.58. The molecule has 0 aromatic heterocycles. The first-order chi connectivity index (χ1) is 8.60. The van der Waals surface area contributed by atoms with Gasteiger partial charge >= 0.3 is 0 Å². The normalized spacial score (nSPS) is 9.83. The van der Waals surface area contributed by atoms with Crippen LogP contribution < -0.4 is 10.5 Å². The van der Waals surface area contributed by atoms with Gasteiger partial charge in [0.2, 0.25) is 0 Å². The summed E-state index contributed by atoms with van der Waals surface area (Å²) in [4.78, 5) is 0. The molecule has 0 amide bonds. The molecule has 3 nitrogen and oxygen atoms in total. The summed E-state index contributed by atoms with van der Waals surface area (Å²) in [5, 5.41) is 8.76. The minimum Gasteiger partial charge on any atom is -0.457 e. The van der Waals surface area contributed by atoms with Gasteiger partial charge in [-0.1, -0.05) is 11.6 Å². The Hall–Kier alpha value is -2.25. The second-order valence-electron chi connectivity index (χ2n) is 3.54. The summed E-state index contributed by atoms with van der Waals surface area (Å²) < 4.78 is 18.6. The second kappa shape index (κ2) is 4.94. The van der Waals surface area contributed by atoms with Gasteiger partial charge in [-0.15, -0.1) is 0 Å². The summed E-state index contributed by atoms with van der Waals surface area (Å²) >= 11 is 5.56. The molecule has 0 heterocycles.